The van der Waals surface area contributed by atoms with Gasteiger partial charge in [-0.05, 0) is 26.4 Å². The number of rotatable bonds is 3. The molecule has 0 aromatic carbocycles. The molecule has 1 atom stereocenters. The first-order chi connectivity index (χ1) is 7.29. The molecule has 0 radical (unpaired) electrons. The topological polar surface area (TPSA) is 33.1 Å². The van der Waals surface area contributed by atoms with Crippen LogP contribution in [0.5, 0.6) is 0 Å². The molecule has 84 valence electrons. The van der Waals surface area contributed by atoms with E-state index in [0.717, 1.165) is 18.9 Å². The third-order valence-corrected chi connectivity index (χ3v) is 3.20. The molecule has 1 aromatic rings. The van der Waals surface area contributed by atoms with Crippen LogP contribution >= 0.6 is 0 Å². The molecule has 4 heteroatoms. The average molecular weight is 208 g/mol. The highest BCUT2D eigenvalue weighted by molar-refractivity contribution is 4.92. The summed E-state index contributed by atoms with van der Waals surface area (Å²) in [7, 11) is 4.11. The lowest BCUT2D eigenvalue weighted by atomic mass is 10.1. The fraction of sp³-hybridized carbons (Fsp3) is 0.727. The molecule has 1 aliphatic rings. The lowest BCUT2D eigenvalue weighted by Crippen LogP contribution is -2.44. The average Bonchev–Trinajstić information content (AvgIpc) is 2.65. The van der Waals surface area contributed by atoms with E-state index in [1.54, 1.807) is 0 Å². The summed E-state index contributed by atoms with van der Waals surface area (Å²) in [5, 5.41) is 3.36. The number of hydrogen-bond acceptors (Lipinski definition) is 3. The molecule has 1 aliphatic heterocycles. The summed E-state index contributed by atoms with van der Waals surface area (Å²) < 4.78 is 2.10. The quantitative estimate of drug-likeness (QED) is 0.790. The Morgan fingerprint density at radius 3 is 3.13 bits per heavy atom. The van der Waals surface area contributed by atoms with Crippen molar-refractivity contribution in [2.75, 3.05) is 20.1 Å². The smallest absolute Gasteiger partial charge is 0.122 e. The van der Waals surface area contributed by atoms with E-state index in [1.165, 1.54) is 19.4 Å². The normalized spacial score (nSPS) is 23.2. The molecule has 0 amide bonds. The number of aryl methyl sites for hydroxylation is 1. The largest absolute Gasteiger partial charge is 0.337 e. The van der Waals surface area contributed by atoms with Crippen LogP contribution in [0.1, 0.15) is 18.7 Å². The van der Waals surface area contributed by atoms with Gasteiger partial charge in [0.25, 0.3) is 0 Å². The van der Waals surface area contributed by atoms with Gasteiger partial charge in [0.1, 0.15) is 5.82 Å². The predicted octanol–water partition coefficient (Wildman–Crippen LogP) is 0.604. The van der Waals surface area contributed by atoms with Gasteiger partial charge in [-0.25, -0.2) is 4.98 Å². The summed E-state index contributed by atoms with van der Waals surface area (Å²) in [6.07, 6.45) is 6.47. The van der Waals surface area contributed by atoms with E-state index in [9.17, 15) is 0 Å². The van der Waals surface area contributed by atoms with Gasteiger partial charge in [0, 0.05) is 32.0 Å². The van der Waals surface area contributed by atoms with Gasteiger partial charge in [0.2, 0.25) is 0 Å². The summed E-state index contributed by atoms with van der Waals surface area (Å²) in [5.41, 5.74) is 0. The molecule has 15 heavy (non-hydrogen) atoms. The molecular weight excluding hydrogens is 188 g/mol. The number of hydrogen-bond donors (Lipinski definition) is 1. The third-order valence-electron chi connectivity index (χ3n) is 3.20. The Hall–Kier alpha value is -0.870. The van der Waals surface area contributed by atoms with E-state index in [-0.39, 0.29) is 0 Å². The van der Waals surface area contributed by atoms with Gasteiger partial charge in [-0.15, -0.1) is 0 Å². The van der Waals surface area contributed by atoms with Crippen LogP contribution in [-0.4, -0.2) is 40.6 Å². The van der Waals surface area contributed by atoms with Crippen molar-refractivity contribution >= 4 is 0 Å². The van der Waals surface area contributed by atoms with E-state index in [0.29, 0.717) is 6.04 Å². The molecule has 1 aromatic heterocycles. The first kappa shape index (κ1) is 10.6. The van der Waals surface area contributed by atoms with Crippen molar-refractivity contribution in [3.63, 3.8) is 0 Å². The summed E-state index contributed by atoms with van der Waals surface area (Å²) in [4.78, 5) is 6.84. The van der Waals surface area contributed by atoms with Crippen LogP contribution < -0.4 is 5.32 Å². The molecule has 0 aliphatic carbocycles. The fourth-order valence-electron chi connectivity index (χ4n) is 2.18. The van der Waals surface area contributed by atoms with Gasteiger partial charge in [-0.2, -0.15) is 0 Å². The lowest BCUT2D eigenvalue weighted by Gasteiger charge is -2.32. The zero-order valence-electron chi connectivity index (χ0n) is 9.61. The zero-order chi connectivity index (χ0) is 10.7. The highest BCUT2D eigenvalue weighted by Gasteiger charge is 2.19. The zero-order valence-corrected chi connectivity index (χ0v) is 9.61. The van der Waals surface area contributed by atoms with Crippen LogP contribution in [0, 0.1) is 0 Å². The van der Waals surface area contributed by atoms with Gasteiger partial charge < -0.3 is 9.88 Å². The molecule has 1 saturated heterocycles. The molecular formula is C11H20N4. The maximum atomic E-state index is 4.36. The first-order valence-electron chi connectivity index (χ1n) is 5.65. The number of likely N-dealkylation sites (N-methyl/N-ethyl adjacent to an activating group) is 1. The van der Waals surface area contributed by atoms with Crippen molar-refractivity contribution in [2.45, 2.75) is 25.4 Å². The Bertz CT molecular complexity index is 307. The molecule has 1 fully saturated rings. The number of aromatic nitrogens is 2. The second-order valence-corrected chi connectivity index (χ2v) is 4.32. The van der Waals surface area contributed by atoms with Crippen LogP contribution in [0.15, 0.2) is 12.4 Å². The molecule has 4 nitrogen and oxygen atoms in total. The van der Waals surface area contributed by atoms with Crippen LogP contribution in [0.2, 0.25) is 0 Å². The molecule has 0 bridgehead atoms. The SMILES string of the molecule is CNC1CCCN(Cc2nccn2C)C1. The Balaban J connectivity index is 1.92. The first-order valence-corrected chi connectivity index (χ1v) is 5.65. The molecule has 0 saturated carbocycles. The van der Waals surface area contributed by atoms with Crippen molar-refractivity contribution in [3.8, 4) is 0 Å². The summed E-state index contributed by atoms with van der Waals surface area (Å²) >= 11 is 0. The van der Waals surface area contributed by atoms with E-state index in [1.807, 2.05) is 12.4 Å². The Morgan fingerprint density at radius 1 is 1.60 bits per heavy atom. The summed E-state index contributed by atoms with van der Waals surface area (Å²) in [6, 6.07) is 0.652. The number of nitrogens with one attached hydrogen (secondary N) is 1. The Labute approximate surface area is 91.3 Å². The van der Waals surface area contributed by atoms with Crippen LogP contribution in [0.3, 0.4) is 0 Å². The van der Waals surface area contributed by atoms with Crippen molar-refractivity contribution < 1.29 is 0 Å². The van der Waals surface area contributed by atoms with Crippen molar-refractivity contribution in [2.24, 2.45) is 7.05 Å². The van der Waals surface area contributed by atoms with Gasteiger partial charge in [-0.3, -0.25) is 4.90 Å². The lowest BCUT2D eigenvalue weighted by molar-refractivity contribution is 0.182. The van der Waals surface area contributed by atoms with E-state index in [4.69, 9.17) is 0 Å². The molecule has 2 heterocycles. The number of likely N-dealkylation sites (tertiary alicyclic amines) is 1. The van der Waals surface area contributed by atoms with Crippen LogP contribution in [-0.2, 0) is 13.6 Å². The van der Waals surface area contributed by atoms with Crippen LogP contribution in [0.4, 0.5) is 0 Å². The monoisotopic (exact) mass is 208 g/mol. The van der Waals surface area contributed by atoms with Gasteiger partial charge in [0.15, 0.2) is 0 Å². The Kier molecular flexibility index (Phi) is 3.38. The highest BCUT2D eigenvalue weighted by atomic mass is 15.2. The molecule has 1 unspecified atom stereocenters. The van der Waals surface area contributed by atoms with E-state index < -0.39 is 0 Å². The van der Waals surface area contributed by atoms with Gasteiger partial charge in [0.05, 0.1) is 6.54 Å². The summed E-state index contributed by atoms with van der Waals surface area (Å²) in [6.45, 7) is 3.32. The molecule has 0 spiro atoms. The summed E-state index contributed by atoms with van der Waals surface area (Å²) in [5.74, 6) is 1.16. The van der Waals surface area contributed by atoms with E-state index >= 15 is 0 Å². The van der Waals surface area contributed by atoms with Gasteiger partial charge in [-0.1, -0.05) is 0 Å². The van der Waals surface area contributed by atoms with Crippen molar-refractivity contribution in [1.82, 2.24) is 19.8 Å². The second kappa shape index (κ2) is 4.77. The third kappa shape index (κ3) is 2.58. The highest BCUT2D eigenvalue weighted by Crippen LogP contribution is 2.12. The molecule has 2 rings (SSSR count). The van der Waals surface area contributed by atoms with Crippen molar-refractivity contribution in [1.29, 1.82) is 0 Å². The maximum absolute atomic E-state index is 4.36. The second-order valence-electron chi connectivity index (χ2n) is 4.32. The fourth-order valence-corrected chi connectivity index (χ4v) is 2.18. The van der Waals surface area contributed by atoms with Gasteiger partial charge >= 0.3 is 0 Å². The minimum absolute atomic E-state index is 0.652. The Morgan fingerprint density at radius 2 is 2.47 bits per heavy atom. The predicted molar refractivity (Wildman–Crippen MR) is 60.6 cm³/mol. The maximum Gasteiger partial charge on any atom is 0.122 e. The van der Waals surface area contributed by atoms with Crippen molar-refractivity contribution in [3.05, 3.63) is 18.2 Å². The van der Waals surface area contributed by atoms with E-state index in [2.05, 4.69) is 33.9 Å². The number of nitrogens with zero attached hydrogens (tertiary/aromatic N) is 3. The minimum Gasteiger partial charge on any atom is -0.337 e. The number of piperidine rings is 1. The standard InChI is InChI=1S/C11H20N4/c1-12-10-4-3-6-15(8-10)9-11-13-5-7-14(11)2/h5,7,10,12H,3-4,6,8-9H2,1-2H3. The molecule has 1 N–H and O–H groups in total. The minimum atomic E-state index is 0.652. The van der Waals surface area contributed by atoms with Crippen LogP contribution in [0.25, 0.3) is 0 Å². The number of imidazole rings is 1.